The molecule has 0 spiro atoms. The Hall–Kier alpha value is -1.19. The summed E-state index contributed by atoms with van der Waals surface area (Å²) in [4.78, 5) is 4.16. The zero-order valence-corrected chi connectivity index (χ0v) is 12.7. The normalized spacial score (nSPS) is 12.3. The molecule has 0 bridgehead atoms. The van der Waals surface area contributed by atoms with Gasteiger partial charge in [0.2, 0.25) is 0 Å². The third-order valence-corrected chi connectivity index (χ3v) is 3.84. The number of benzene rings is 1. The first-order valence-corrected chi connectivity index (χ1v) is 7.38. The summed E-state index contributed by atoms with van der Waals surface area (Å²) >= 11 is 3.47. The van der Waals surface area contributed by atoms with E-state index in [2.05, 4.69) is 56.6 Å². The van der Waals surface area contributed by atoms with Crippen LogP contribution in [-0.2, 0) is 12.8 Å². The van der Waals surface area contributed by atoms with E-state index in [1.165, 1.54) is 11.1 Å². The first kappa shape index (κ1) is 14.2. The molecule has 0 aliphatic rings. The average molecular weight is 319 g/mol. The predicted octanol–water partition coefficient (Wildman–Crippen LogP) is 3.61. The van der Waals surface area contributed by atoms with Crippen LogP contribution in [0.5, 0.6) is 0 Å². The Kier molecular flexibility index (Phi) is 5.55. The van der Waals surface area contributed by atoms with E-state index in [-0.39, 0.29) is 0 Å². The Balaban J connectivity index is 1.88. The number of hydrogen-bond acceptors (Lipinski definition) is 2. The van der Waals surface area contributed by atoms with E-state index in [4.69, 9.17) is 0 Å². The Labute approximate surface area is 123 Å². The molecule has 1 heterocycles. The van der Waals surface area contributed by atoms with Gasteiger partial charge in [0.15, 0.2) is 0 Å². The van der Waals surface area contributed by atoms with E-state index in [1.54, 1.807) is 0 Å². The maximum absolute atomic E-state index is 4.16. The minimum Gasteiger partial charge on any atom is -0.317 e. The van der Waals surface area contributed by atoms with Gasteiger partial charge >= 0.3 is 0 Å². The standard InChI is InChI=1S/C16H19BrN2/c1-18-16(9-6-14-3-2-10-19-12-14)11-13-4-7-15(17)8-5-13/h2-5,7-8,10,12,16,18H,6,9,11H2,1H3. The first-order chi connectivity index (χ1) is 9.28. The summed E-state index contributed by atoms with van der Waals surface area (Å²) in [7, 11) is 2.03. The zero-order chi connectivity index (χ0) is 13.5. The molecule has 1 aromatic carbocycles. The maximum atomic E-state index is 4.16. The molecule has 0 amide bonds. The quantitative estimate of drug-likeness (QED) is 0.880. The Morgan fingerprint density at radius 2 is 1.95 bits per heavy atom. The monoisotopic (exact) mass is 318 g/mol. The van der Waals surface area contributed by atoms with Crippen LogP contribution in [0.25, 0.3) is 0 Å². The fourth-order valence-electron chi connectivity index (χ4n) is 2.14. The molecule has 0 saturated carbocycles. The number of aryl methyl sites for hydroxylation is 1. The van der Waals surface area contributed by atoms with Crippen molar-refractivity contribution in [1.82, 2.24) is 10.3 Å². The van der Waals surface area contributed by atoms with E-state index in [9.17, 15) is 0 Å². The highest BCUT2D eigenvalue weighted by Crippen LogP contribution is 2.13. The van der Waals surface area contributed by atoms with Crippen molar-refractivity contribution < 1.29 is 0 Å². The molecule has 0 radical (unpaired) electrons. The van der Waals surface area contributed by atoms with Crippen LogP contribution in [0, 0.1) is 0 Å². The summed E-state index contributed by atoms with van der Waals surface area (Å²) in [6.07, 6.45) is 7.02. The van der Waals surface area contributed by atoms with E-state index in [1.807, 2.05) is 25.5 Å². The lowest BCUT2D eigenvalue weighted by Gasteiger charge is -2.16. The Morgan fingerprint density at radius 3 is 2.58 bits per heavy atom. The molecule has 0 saturated heterocycles. The van der Waals surface area contributed by atoms with Crippen molar-refractivity contribution in [2.24, 2.45) is 0 Å². The molecule has 100 valence electrons. The van der Waals surface area contributed by atoms with Crippen LogP contribution in [-0.4, -0.2) is 18.1 Å². The van der Waals surface area contributed by atoms with Crippen LogP contribution in [0.1, 0.15) is 17.5 Å². The minimum absolute atomic E-state index is 0.501. The van der Waals surface area contributed by atoms with Gasteiger partial charge in [0.05, 0.1) is 0 Å². The van der Waals surface area contributed by atoms with Crippen molar-refractivity contribution >= 4 is 15.9 Å². The zero-order valence-electron chi connectivity index (χ0n) is 11.1. The van der Waals surface area contributed by atoms with Gasteiger partial charge in [-0.2, -0.15) is 0 Å². The van der Waals surface area contributed by atoms with Crippen molar-refractivity contribution in [2.75, 3.05) is 7.05 Å². The highest BCUT2D eigenvalue weighted by atomic mass is 79.9. The van der Waals surface area contributed by atoms with Crippen molar-refractivity contribution in [3.05, 3.63) is 64.4 Å². The van der Waals surface area contributed by atoms with Crippen molar-refractivity contribution in [3.8, 4) is 0 Å². The maximum Gasteiger partial charge on any atom is 0.0299 e. The van der Waals surface area contributed by atoms with Crippen molar-refractivity contribution in [3.63, 3.8) is 0 Å². The van der Waals surface area contributed by atoms with Crippen LogP contribution in [0.15, 0.2) is 53.3 Å². The SMILES string of the molecule is CNC(CCc1cccnc1)Cc1ccc(Br)cc1. The number of aromatic nitrogens is 1. The number of likely N-dealkylation sites (N-methyl/N-ethyl adjacent to an activating group) is 1. The number of nitrogens with zero attached hydrogens (tertiary/aromatic N) is 1. The van der Waals surface area contributed by atoms with Gasteiger partial charge in [0.25, 0.3) is 0 Å². The van der Waals surface area contributed by atoms with Crippen LogP contribution in [0.4, 0.5) is 0 Å². The summed E-state index contributed by atoms with van der Waals surface area (Å²) in [6.45, 7) is 0. The van der Waals surface area contributed by atoms with Gasteiger partial charge < -0.3 is 5.32 Å². The molecular weight excluding hydrogens is 300 g/mol. The fourth-order valence-corrected chi connectivity index (χ4v) is 2.40. The average Bonchev–Trinajstić information content (AvgIpc) is 2.46. The van der Waals surface area contributed by atoms with E-state index >= 15 is 0 Å². The number of rotatable bonds is 6. The van der Waals surface area contributed by atoms with Crippen LogP contribution in [0.2, 0.25) is 0 Å². The molecule has 2 rings (SSSR count). The van der Waals surface area contributed by atoms with Gasteiger partial charge in [-0.25, -0.2) is 0 Å². The highest BCUT2D eigenvalue weighted by molar-refractivity contribution is 9.10. The largest absolute Gasteiger partial charge is 0.317 e. The second-order valence-corrected chi connectivity index (χ2v) is 5.63. The summed E-state index contributed by atoms with van der Waals surface area (Å²) in [5, 5.41) is 3.40. The van der Waals surface area contributed by atoms with Crippen molar-refractivity contribution in [2.45, 2.75) is 25.3 Å². The van der Waals surface area contributed by atoms with E-state index in [0.717, 1.165) is 23.7 Å². The molecule has 1 atom stereocenters. The minimum atomic E-state index is 0.501. The molecule has 1 unspecified atom stereocenters. The molecule has 0 aliphatic carbocycles. The van der Waals surface area contributed by atoms with Crippen LogP contribution >= 0.6 is 15.9 Å². The highest BCUT2D eigenvalue weighted by Gasteiger charge is 2.07. The van der Waals surface area contributed by atoms with Gasteiger partial charge in [-0.1, -0.05) is 34.1 Å². The van der Waals surface area contributed by atoms with E-state index in [0.29, 0.717) is 6.04 Å². The molecule has 2 nitrogen and oxygen atoms in total. The molecule has 0 aliphatic heterocycles. The van der Waals surface area contributed by atoms with Crippen LogP contribution < -0.4 is 5.32 Å². The van der Waals surface area contributed by atoms with Gasteiger partial charge in [0, 0.05) is 22.9 Å². The lowest BCUT2D eigenvalue weighted by molar-refractivity contribution is 0.520. The molecule has 19 heavy (non-hydrogen) atoms. The van der Waals surface area contributed by atoms with Gasteiger partial charge in [-0.3, -0.25) is 4.98 Å². The third-order valence-electron chi connectivity index (χ3n) is 3.31. The summed E-state index contributed by atoms with van der Waals surface area (Å²) in [6, 6.07) is 13.2. The Morgan fingerprint density at radius 1 is 1.16 bits per heavy atom. The summed E-state index contributed by atoms with van der Waals surface area (Å²) in [5.74, 6) is 0. The number of halogens is 1. The second-order valence-electron chi connectivity index (χ2n) is 4.72. The fraction of sp³-hybridized carbons (Fsp3) is 0.312. The van der Waals surface area contributed by atoms with Crippen LogP contribution in [0.3, 0.4) is 0 Å². The van der Waals surface area contributed by atoms with E-state index < -0.39 is 0 Å². The smallest absolute Gasteiger partial charge is 0.0299 e. The first-order valence-electron chi connectivity index (χ1n) is 6.58. The van der Waals surface area contributed by atoms with Crippen molar-refractivity contribution in [1.29, 1.82) is 0 Å². The molecule has 1 aromatic heterocycles. The number of hydrogen-bond donors (Lipinski definition) is 1. The number of nitrogens with one attached hydrogen (secondary N) is 1. The van der Waals surface area contributed by atoms with Gasteiger partial charge in [-0.15, -0.1) is 0 Å². The lowest BCUT2D eigenvalue weighted by atomic mass is 10.00. The topological polar surface area (TPSA) is 24.9 Å². The molecule has 3 heteroatoms. The Bertz CT molecular complexity index is 482. The van der Waals surface area contributed by atoms with Gasteiger partial charge in [-0.05, 0) is 55.6 Å². The molecule has 2 aromatic rings. The molecule has 1 N–H and O–H groups in total. The predicted molar refractivity (Wildman–Crippen MR) is 83.3 cm³/mol. The molecular formula is C16H19BrN2. The summed E-state index contributed by atoms with van der Waals surface area (Å²) in [5.41, 5.74) is 2.67. The molecule has 0 fully saturated rings. The third kappa shape index (κ3) is 4.77. The number of pyridine rings is 1. The summed E-state index contributed by atoms with van der Waals surface area (Å²) < 4.78 is 1.13. The van der Waals surface area contributed by atoms with Gasteiger partial charge in [0.1, 0.15) is 0 Å². The second kappa shape index (κ2) is 7.41. The lowest BCUT2D eigenvalue weighted by Crippen LogP contribution is -2.28.